The lowest BCUT2D eigenvalue weighted by molar-refractivity contribution is 0.0305. The first kappa shape index (κ1) is 32.1. The van der Waals surface area contributed by atoms with Crippen LogP contribution >= 0.6 is 0 Å². The summed E-state index contributed by atoms with van der Waals surface area (Å²) in [6.45, 7) is 11.7. The Morgan fingerprint density at radius 2 is 1.87 bits per heavy atom. The molecular weight excluding hydrogens is 594 g/mol. The van der Waals surface area contributed by atoms with E-state index >= 15 is 0 Å². The van der Waals surface area contributed by atoms with Crippen LogP contribution in [0.25, 0.3) is 11.2 Å². The summed E-state index contributed by atoms with van der Waals surface area (Å²) in [5.41, 5.74) is 2.64. The van der Waals surface area contributed by atoms with E-state index in [1.807, 2.05) is 65.8 Å². The molecule has 0 spiro atoms. The zero-order valence-corrected chi connectivity index (χ0v) is 27.5. The molecule has 1 unspecified atom stereocenters. The molecule has 5 rings (SSSR count). The Bertz CT molecular complexity index is 1690. The second kappa shape index (κ2) is 12.3. The first-order valence-electron chi connectivity index (χ1n) is 14.8. The predicted octanol–water partition coefficient (Wildman–Crippen LogP) is 5.76. The molecule has 1 aromatic carbocycles. The summed E-state index contributed by atoms with van der Waals surface area (Å²) in [6, 6.07) is 9.51. The minimum Gasteiger partial charge on any atom is -0.616 e. The number of benzene rings is 1. The van der Waals surface area contributed by atoms with Crippen molar-refractivity contribution in [3.8, 4) is 6.07 Å². The summed E-state index contributed by atoms with van der Waals surface area (Å²) in [5, 5.41) is 17.4. The molecule has 45 heavy (non-hydrogen) atoms. The Morgan fingerprint density at radius 1 is 1.16 bits per heavy atom. The lowest BCUT2D eigenvalue weighted by Crippen LogP contribution is -2.39. The molecule has 2 aromatic heterocycles. The summed E-state index contributed by atoms with van der Waals surface area (Å²) >= 11 is -1.13. The van der Waals surface area contributed by atoms with E-state index in [0.29, 0.717) is 41.8 Å². The highest BCUT2D eigenvalue weighted by Crippen LogP contribution is 2.36. The lowest BCUT2D eigenvalue weighted by Gasteiger charge is -2.27. The Labute approximate surface area is 266 Å². The monoisotopic (exact) mass is 633 g/mol. The van der Waals surface area contributed by atoms with Gasteiger partial charge in [0.15, 0.2) is 5.65 Å². The molecule has 3 aromatic rings. The van der Waals surface area contributed by atoms with Crippen LogP contribution in [-0.4, -0.2) is 72.8 Å². The van der Waals surface area contributed by atoms with Crippen molar-refractivity contribution >= 4 is 51.9 Å². The van der Waals surface area contributed by atoms with Crippen LogP contribution in [0.3, 0.4) is 0 Å². The van der Waals surface area contributed by atoms with Gasteiger partial charge in [0, 0.05) is 36.4 Å². The molecule has 1 saturated carbocycles. The van der Waals surface area contributed by atoms with Crippen molar-refractivity contribution in [2.75, 3.05) is 29.6 Å². The number of fused-ring (bicyclic) bond motifs is 1. The zero-order chi connectivity index (χ0) is 32.7. The van der Waals surface area contributed by atoms with Gasteiger partial charge < -0.3 is 24.2 Å². The summed E-state index contributed by atoms with van der Waals surface area (Å²) in [7, 11) is 0. The third-order valence-corrected chi connectivity index (χ3v) is 7.69. The minimum absolute atomic E-state index is 0.0570. The quantitative estimate of drug-likeness (QED) is 0.321. The third-order valence-electron chi connectivity index (χ3n) is 6.98. The van der Waals surface area contributed by atoms with Crippen molar-refractivity contribution in [2.24, 2.45) is 0 Å². The van der Waals surface area contributed by atoms with Crippen molar-refractivity contribution in [1.29, 1.82) is 5.26 Å². The van der Waals surface area contributed by atoms with Gasteiger partial charge in [-0.2, -0.15) is 14.9 Å². The number of carbonyl (C=O) groups excluding carboxylic acids is 2. The van der Waals surface area contributed by atoms with E-state index in [1.54, 1.807) is 22.1 Å². The predicted molar refractivity (Wildman–Crippen MR) is 173 cm³/mol. The summed E-state index contributed by atoms with van der Waals surface area (Å²) in [4.78, 5) is 33.9. The lowest BCUT2D eigenvalue weighted by atomic mass is 10.0. The number of rotatable bonds is 7. The molecule has 12 nitrogen and oxygen atoms in total. The molecule has 1 aliphatic carbocycles. The van der Waals surface area contributed by atoms with E-state index in [4.69, 9.17) is 9.47 Å². The Kier molecular flexibility index (Phi) is 8.75. The molecule has 0 saturated heterocycles. The van der Waals surface area contributed by atoms with E-state index in [1.165, 1.54) is 10.7 Å². The fourth-order valence-corrected chi connectivity index (χ4v) is 5.70. The number of nitrogens with zero attached hydrogens (tertiary/aromatic N) is 6. The van der Waals surface area contributed by atoms with Crippen molar-refractivity contribution < 1.29 is 23.6 Å². The van der Waals surface area contributed by atoms with Gasteiger partial charge >= 0.3 is 12.2 Å². The van der Waals surface area contributed by atoms with E-state index in [9.17, 15) is 19.4 Å². The topological polar surface area (TPSA) is 148 Å². The zero-order valence-electron chi connectivity index (χ0n) is 26.7. The maximum atomic E-state index is 13.4. The van der Waals surface area contributed by atoms with Crippen molar-refractivity contribution in [3.05, 3.63) is 53.2 Å². The number of hydrogen-bond donors (Lipinski definition) is 1. The van der Waals surface area contributed by atoms with Crippen molar-refractivity contribution in [1.82, 2.24) is 19.5 Å². The van der Waals surface area contributed by atoms with Gasteiger partial charge in [-0.15, -0.1) is 0 Å². The van der Waals surface area contributed by atoms with E-state index in [0.717, 1.165) is 29.5 Å². The van der Waals surface area contributed by atoms with Gasteiger partial charge in [0.05, 0.1) is 12.5 Å². The fraction of sp³-hybridized carbons (Fsp3) is 0.469. The van der Waals surface area contributed by atoms with Gasteiger partial charge in [-0.1, -0.05) is 23.3 Å². The maximum absolute atomic E-state index is 13.4. The molecule has 3 heterocycles. The van der Waals surface area contributed by atoms with Gasteiger partial charge in [0.2, 0.25) is 0 Å². The van der Waals surface area contributed by atoms with Gasteiger partial charge in [0.25, 0.3) is 0 Å². The van der Waals surface area contributed by atoms with Crippen LogP contribution in [0.2, 0.25) is 0 Å². The molecule has 1 atom stereocenters. The molecule has 13 heteroatoms. The van der Waals surface area contributed by atoms with Crippen LogP contribution in [0.15, 0.2) is 36.5 Å². The van der Waals surface area contributed by atoms with Crippen LogP contribution in [0, 0.1) is 11.3 Å². The Hall–Kier alpha value is -4.28. The Balaban J connectivity index is 1.47. The minimum atomic E-state index is -1.13. The molecule has 0 radical (unpaired) electrons. The molecule has 2 amide bonds. The number of carbonyl (C=O) groups is 2. The molecule has 0 bridgehead atoms. The Morgan fingerprint density at radius 3 is 2.49 bits per heavy atom. The largest absolute Gasteiger partial charge is 0.616 e. The third kappa shape index (κ3) is 7.69. The highest BCUT2D eigenvalue weighted by Gasteiger charge is 2.38. The second-order valence-corrected chi connectivity index (χ2v) is 14.7. The van der Waals surface area contributed by atoms with Crippen LogP contribution in [0.5, 0.6) is 0 Å². The van der Waals surface area contributed by atoms with E-state index in [-0.39, 0.29) is 17.7 Å². The first-order chi connectivity index (χ1) is 21.1. The maximum Gasteiger partial charge on any atom is 0.416 e. The number of anilines is 3. The highest BCUT2D eigenvalue weighted by molar-refractivity contribution is 7.89. The number of ether oxygens (including phenoxy) is 2. The average Bonchev–Trinajstić information content (AvgIpc) is 3.45. The van der Waals surface area contributed by atoms with Gasteiger partial charge in [-0.25, -0.2) is 14.6 Å². The average molecular weight is 634 g/mol. The highest BCUT2D eigenvalue weighted by atomic mass is 32.2. The SMILES string of the molecule is C[S+]([O-])Cc1cc(Nc2cc(N(C(=O)OC(C)(C)C)C3CC3)n3ncc(C#N)c3n2)ccc1C1=CCN(C(=O)OC(C)(C)C)C1. The van der Waals surface area contributed by atoms with Gasteiger partial charge in [-0.05, 0) is 77.7 Å². The summed E-state index contributed by atoms with van der Waals surface area (Å²) in [6.07, 6.45) is 5.82. The van der Waals surface area contributed by atoms with Crippen molar-refractivity contribution in [2.45, 2.75) is 77.4 Å². The van der Waals surface area contributed by atoms with Crippen LogP contribution < -0.4 is 10.2 Å². The molecular formula is C32H39N7O5S. The molecule has 238 valence electrons. The van der Waals surface area contributed by atoms with Crippen LogP contribution in [0.4, 0.5) is 26.9 Å². The number of amides is 2. The number of nitriles is 1. The molecule has 2 aliphatic rings. The van der Waals surface area contributed by atoms with E-state index < -0.39 is 28.5 Å². The number of hydrogen-bond acceptors (Lipinski definition) is 9. The van der Waals surface area contributed by atoms with Crippen LogP contribution in [-0.2, 0) is 26.4 Å². The standard InChI is InChI=1S/C32H39N7O5S/c1-31(2,3)43-29(40)37-13-12-20(18-37)25-11-8-23(14-21(25)19-45(7)42)35-26-15-27(39-28(36-26)22(16-33)17-34-39)38(24-9-10-24)30(41)44-32(4,5)6/h8,11-12,14-15,17,24H,9-10,13,18-19H2,1-7H3,(H,35,36). The molecule has 1 N–H and O–H groups in total. The normalized spacial score (nSPS) is 15.8. The van der Waals surface area contributed by atoms with Crippen molar-refractivity contribution in [3.63, 3.8) is 0 Å². The summed E-state index contributed by atoms with van der Waals surface area (Å²) in [5.74, 6) is 1.14. The smallest absolute Gasteiger partial charge is 0.416 e. The molecule has 1 fully saturated rings. The number of nitrogens with one attached hydrogen (secondary N) is 1. The second-order valence-electron chi connectivity index (χ2n) is 13.3. The van der Waals surface area contributed by atoms with Gasteiger partial charge in [0.1, 0.15) is 40.2 Å². The van der Waals surface area contributed by atoms with Gasteiger partial charge in [-0.3, -0.25) is 4.90 Å². The van der Waals surface area contributed by atoms with E-state index in [2.05, 4.69) is 21.5 Å². The number of aromatic nitrogens is 3. The van der Waals surface area contributed by atoms with Crippen LogP contribution in [0.1, 0.15) is 71.1 Å². The summed E-state index contributed by atoms with van der Waals surface area (Å²) < 4.78 is 25.2. The first-order valence-corrected chi connectivity index (χ1v) is 16.5. The fourth-order valence-electron chi connectivity index (χ4n) is 5.02. The molecule has 1 aliphatic heterocycles.